The van der Waals surface area contributed by atoms with Crippen LogP contribution in [0.1, 0.15) is 41.5 Å². The normalized spacial score (nSPS) is 14.8. The zero-order valence-corrected chi connectivity index (χ0v) is 12.7. The summed E-state index contributed by atoms with van der Waals surface area (Å²) in [7, 11) is 1.52. The third kappa shape index (κ3) is 2.07. The minimum absolute atomic E-state index is 0.0978. The molecule has 4 heteroatoms. The SMILES string of the molecule is CN1C(=O)c2cccc3c(NC(C)(C)C)ccc(c23)C1=O. The summed E-state index contributed by atoms with van der Waals surface area (Å²) in [6, 6.07) is 9.29. The number of nitrogens with one attached hydrogen (secondary N) is 1. The van der Waals surface area contributed by atoms with Crippen LogP contribution in [0.4, 0.5) is 5.69 Å². The van der Waals surface area contributed by atoms with Crippen molar-refractivity contribution in [2.75, 3.05) is 12.4 Å². The van der Waals surface area contributed by atoms with Gasteiger partial charge in [0.2, 0.25) is 0 Å². The molecule has 0 aromatic heterocycles. The average Bonchev–Trinajstić information content (AvgIpc) is 2.42. The van der Waals surface area contributed by atoms with Crippen molar-refractivity contribution in [2.24, 2.45) is 0 Å². The van der Waals surface area contributed by atoms with Crippen molar-refractivity contribution in [1.82, 2.24) is 4.90 Å². The fourth-order valence-corrected chi connectivity index (χ4v) is 2.73. The van der Waals surface area contributed by atoms with Gasteiger partial charge in [0.15, 0.2) is 0 Å². The first-order valence-electron chi connectivity index (χ1n) is 6.96. The van der Waals surface area contributed by atoms with Gasteiger partial charge in [-0.2, -0.15) is 0 Å². The summed E-state index contributed by atoms with van der Waals surface area (Å²) in [6.07, 6.45) is 0. The standard InChI is InChI=1S/C17H18N2O2/c1-17(2,3)18-13-9-8-12-14-10(13)6-5-7-11(14)15(20)19(4)16(12)21/h5-9,18H,1-4H3. The van der Waals surface area contributed by atoms with Gasteiger partial charge in [-0.1, -0.05) is 12.1 Å². The Morgan fingerprint density at radius 1 is 0.952 bits per heavy atom. The molecule has 2 aromatic carbocycles. The first kappa shape index (κ1) is 13.6. The van der Waals surface area contributed by atoms with Crippen molar-refractivity contribution in [3.63, 3.8) is 0 Å². The van der Waals surface area contributed by atoms with E-state index in [0.29, 0.717) is 11.1 Å². The number of rotatable bonds is 1. The predicted molar refractivity (Wildman–Crippen MR) is 83.7 cm³/mol. The van der Waals surface area contributed by atoms with Gasteiger partial charge < -0.3 is 5.32 Å². The Bertz CT molecular complexity index is 750. The van der Waals surface area contributed by atoms with Crippen molar-refractivity contribution < 1.29 is 9.59 Å². The molecule has 1 aliphatic heterocycles. The minimum Gasteiger partial charge on any atom is -0.380 e. The Hall–Kier alpha value is -2.36. The molecule has 108 valence electrons. The van der Waals surface area contributed by atoms with E-state index in [1.165, 1.54) is 11.9 Å². The third-order valence-electron chi connectivity index (χ3n) is 3.62. The maximum Gasteiger partial charge on any atom is 0.261 e. The average molecular weight is 282 g/mol. The highest BCUT2D eigenvalue weighted by molar-refractivity contribution is 6.26. The van der Waals surface area contributed by atoms with E-state index in [1.807, 2.05) is 18.2 Å². The molecule has 0 fully saturated rings. The lowest BCUT2D eigenvalue weighted by Gasteiger charge is -2.27. The second kappa shape index (κ2) is 4.32. The number of nitrogens with zero attached hydrogens (tertiary/aromatic N) is 1. The molecule has 0 aliphatic carbocycles. The van der Waals surface area contributed by atoms with Gasteiger partial charge >= 0.3 is 0 Å². The topological polar surface area (TPSA) is 49.4 Å². The van der Waals surface area contributed by atoms with E-state index in [4.69, 9.17) is 0 Å². The first-order chi connectivity index (χ1) is 9.79. The van der Waals surface area contributed by atoms with Crippen LogP contribution in [0.2, 0.25) is 0 Å². The number of benzene rings is 2. The van der Waals surface area contributed by atoms with Crippen LogP contribution in [0.25, 0.3) is 10.8 Å². The summed E-state index contributed by atoms with van der Waals surface area (Å²) < 4.78 is 0. The number of anilines is 1. The van der Waals surface area contributed by atoms with Crippen molar-refractivity contribution in [3.8, 4) is 0 Å². The van der Waals surface area contributed by atoms with E-state index in [-0.39, 0.29) is 17.4 Å². The molecule has 1 heterocycles. The number of carbonyl (C=O) groups excluding carboxylic acids is 2. The minimum atomic E-state index is -0.244. The van der Waals surface area contributed by atoms with E-state index < -0.39 is 0 Å². The molecular formula is C17H18N2O2. The summed E-state index contributed by atoms with van der Waals surface area (Å²) in [5.74, 6) is -0.489. The third-order valence-corrected chi connectivity index (χ3v) is 3.62. The zero-order valence-electron chi connectivity index (χ0n) is 12.7. The molecule has 3 rings (SSSR count). The fourth-order valence-electron chi connectivity index (χ4n) is 2.73. The van der Waals surface area contributed by atoms with Crippen LogP contribution < -0.4 is 5.32 Å². The van der Waals surface area contributed by atoms with Gasteiger partial charge in [0, 0.05) is 40.2 Å². The van der Waals surface area contributed by atoms with Crippen molar-refractivity contribution in [2.45, 2.75) is 26.3 Å². The Labute approximate surface area is 123 Å². The summed E-state index contributed by atoms with van der Waals surface area (Å²) in [4.78, 5) is 25.8. The monoisotopic (exact) mass is 282 g/mol. The molecule has 0 saturated heterocycles. The number of hydrogen-bond acceptors (Lipinski definition) is 3. The molecule has 2 aromatic rings. The first-order valence-corrected chi connectivity index (χ1v) is 6.96. The predicted octanol–water partition coefficient (Wildman–Crippen LogP) is 3.28. The van der Waals surface area contributed by atoms with E-state index in [1.54, 1.807) is 12.1 Å². The van der Waals surface area contributed by atoms with Gasteiger partial charge in [-0.3, -0.25) is 14.5 Å². The van der Waals surface area contributed by atoms with Crippen molar-refractivity contribution in [3.05, 3.63) is 41.5 Å². The number of hydrogen-bond donors (Lipinski definition) is 1. The summed E-state index contributed by atoms with van der Waals surface area (Å²) in [5, 5.41) is 5.09. The van der Waals surface area contributed by atoms with Gasteiger partial charge in [0.1, 0.15) is 0 Å². The molecular weight excluding hydrogens is 264 g/mol. The Balaban J connectivity index is 2.32. The molecule has 4 nitrogen and oxygen atoms in total. The molecule has 0 spiro atoms. The molecule has 2 amide bonds. The van der Waals surface area contributed by atoms with Gasteiger partial charge in [0.25, 0.3) is 11.8 Å². The second-order valence-electron chi connectivity index (χ2n) is 6.43. The Kier molecular flexibility index (Phi) is 2.80. The van der Waals surface area contributed by atoms with Crippen LogP contribution >= 0.6 is 0 Å². The van der Waals surface area contributed by atoms with Crippen LogP contribution in [0.3, 0.4) is 0 Å². The molecule has 0 atom stereocenters. The highest BCUT2D eigenvalue weighted by atomic mass is 16.2. The van der Waals surface area contributed by atoms with Crippen LogP contribution in [0.15, 0.2) is 30.3 Å². The summed E-state index contributed by atoms with van der Waals surface area (Å²) >= 11 is 0. The highest BCUT2D eigenvalue weighted by Gasteiger charge is 2.30. The highest BCUT2D eigenvalue weighted by Crippen LogP contribution is 2.34. The quantitative estimate of drug-likeness (QED) is 0.817. The van der Waals surface area contributed by atoms with Crippen LogP contribution in [-0.4, -0.2) is 29.3 Å². The largest absolute Gasteiger partial charge is 0.380 e. The molecule has 1 aliphatic rings. The second-order valence-corrected chi connectivity index (χ2v) is 6.43. The lowest BCUT2D eigenvalue weighted by atomic mass is 9.93. The molecule has 0 radical (unpaired) electrons. The molecule has 0 unspecified atom stereocenters. The maximum atomic E-state index is 12.3. The Morgan fingerprint density at radius 2 is 1.57 bits per heavy atom. The van der Waals surface area contributed by atoms with Gasteiger partial charge in [-0.05, 0) is 39.0 Å². The maximum absolute atomic E-state index is 12.3. The number of amides is 2. The van der Waals surface area contributed by atoms with Crippen LogP contribution in [0.5, 0.6) is 0 Å². The van der Waals surface area contributed by atoms with Crippen molar-refractivity contribution >= 4 is 28.3 Å². The van der Waals surface area contributed by atoms with E-state index >= 15 is 0 Å². The summed E-state index contributed by atoms with van der Waals surface area (Å²) in [6.45, 7) is 6.23. The fraction of sp³-hybridized carbons (Fsp3) is 0.294. The smallest absolute Gasteiger partial charge is 0.261 e. The van der Waals surface area contributed by atoms with Crippen LogP contribution in [0, 0.1) is 0 Å². The molecule has 1 N–H and O–H groups in total. The van der Waals surface area contributed by atoms with Crippen molar-refractivity contribution in [1.29, 1.82) is 0 Å². The van der Waals surface area contributed by atoms with Gasteiger partial charge in [0.05, 0.1) is 0 Å². The lowest BCUT2D eigenvalue weighted by Crippen LogP contribution is -2.37. The summed E-state index contributed by atoms with van der Waals surface area (Å²) in [5.41, 5.74) is 2.01. The lowest BCUT2D eigenvalue weighted by molar-refractivity contribution is 0.0651. The molecule has 0 bridgehead atoms. The Morgan fingerprint density at radius 3 is 2.19 bits per heavy atom. The van der Waals surface area contributed by atoms with E-state index in [2.05, 4.69) is 26.1 Å². The molecule has 21 heavy (non-hydrogen) atoms. The van der Waals surface area contributed by atoms with E-state index in [0.717, 1.165) is 16.5 Å². The zero-order chi connectivity index (χ0) is 15.4. The van der Waals surface area contributed by atoms with Gasteiger partial charge in [-0.25, -0.2) is 0 Å². The number of carbonyl (C=O) groups is 2. The van der Waals surface area contributed by atoms with Gasteiger partial charge in [-0.15, -0.1) is 0 Å². The molecule has 0 saturated carbocycles. The van der Waals surface area contributed by atoms with Crippen LogP contribution in [-0.2, 0) is 0 Å². The van der Waals surface area contributed by atoms with E-state index in [9.17, 15) is 9.59 Å². The number of imide groups is 1.